The van der Waals surface area contributed by atoms with Crippen molar-refractivity contribution in [2.24, 2.45) is 0 Å². The first-order chi connectivity index (χ1) is 14.0. The molecular formula is C22H28N2O4S. The van der Waals surface area contributed by atoms with Crippen molar-refractivity contribution < 1.29 is 17.9 Å². The Morgan fingerprint density at radius 3 is 2.41 bits per heavy atom. The lowest BCUT2D eigenvalue weighted by molar-refractivity contribution is -0.120. The third-order valence-electron chi connectivity index (χ3n) is 5.15. The highest BCUT2D eigenvalue weighted by Gasteiger charge is 2.25. The average molecular weight is 417 g/mol. The van der Waals surface area contributed by atoms with Crippen LogP contribution in [-0.2, 0) is 27.7 Å². The normalized spacial score (nSPS) is 15.1. The van der Waals surface area contributed by atoms with E-state index in [1.165, 1.54) is 0 Å². The molecule has 1 fully saturated rings. The van der Waals surface area contributed by atoms with E-state index < -0.39 is 10.0 Å². The first kappa shape index (κ1) is 21.3. The molecule has 1 aliphatic heterocycles. The van der Waals surface area contributed by atoms with Gasteiger partial charge in [-0.25, -0.2) is 8.42 Å². The predicted molar refractivity (Wildman–Crippen MR) is 112 cm³/mol. The zero-order chi connectivity index (χ0) is 20.7. The van der Waals surface area contributed by atoms with Gasteiger partial charge in [-0.15, -0.1) is 0 Å². The summed E-state index contributed by atoms with van der Waals surface area (Å²) in [6.07, 6.45) is 3.80. The van der Waals surface area contributed by atoms with E-state index in [2.05, 4.69) is 5.32 Å². The molecule has 29 heavy (non-hydrogen) atoms. The van der Waals surface area contributed by atoms with Crippen molar-refractivity contribution in [2.45, 2.75) is 37.0 Å². The summed E-state index contributed by atoms with van der Waals surface area (Å²) in [5.74, 6) is 0.721. The molecule has 2 aromatic rings. The molecule has 1 heterocycles. The predicted octanol–water partition coefficient (Wildman–Crippen LogP) is 2.77. The Labute approximate surface area is 172 Å². The summed E-state index contributed by atoms with van der Waals surface area (Å²) >= 11 is 0. The highest BCUT2D eigenvalue weighted by Crippen LogP contribution is 2.21. The van der Waals surface area contributed by atoms with E-state index in [4.69, 9.17) is 4.74 Å². The second kappa shape index (κ2) is 9.89. The Morgan fingerprint density at radius 1 is 1.03 bits per heavy atom. The van der Waals surface area contributed by atoms with E-state index >= 15 is 0 Å². The van der Waals surface area contributed by atoms with E-state index in [0.29, 0.717) is 31.0 Å². The number of rotatable bonds is 8. The minimum atomic E-state index is -3.44. The molecule has 0 aromatic heterocycles. The summed E-state index contributed by atoms with van der Waals surface area (Å²) < 4.78 is 32.2. The van der Waals surface area contributed by atoms with Crippen molar-refractivity contribution in [1.82, 2.24) is 9.62 Å². The number of nitrogens with one attached hydrogen (secondary N) is 1. The Morgan fingerprint density at radius 2 is 1.72 bits per heavy atom. The zero-order valence-corrected chi connectivity index (χ0v) is 17.6. The molecule has 1 aliphatic rings. The van der Waals surface area contributed by atoms with E-state index in [1.807, 2.05) is 24.3 Å². The number of carbonyl (C=O) groups is 1. The number of nitrogens with zero attached hydrogens (tertiary/aromatic N) is 1. The molecule has 3 rings (SSSR count). The minimum Gasteiger partial charge on any atom is -0.496 e. The zero-order valence-electron chi connectivity index (χ0n) is 16.8. The molecule has 156 valence electrons. The lowest BCUT2D eigenvalue weighted by Gasteiger charge is -2.25. The van der Waals surface area contributed by atoms with Crippen molar-refractivity contribution in [1.29, 1.82) is 0 Å². The van der Waals surface area contributed by atoms with Gasteiger partial charge < -0.3 is 10.1 Å². The van der Waals surface area contributed by atoms with Crippen LogP contribution in [0.15, 0.2) is 53.4 Å². The van der Waals surface area contributed by atoms with Crippen molar-refractivity contribution >= 4 is 15.9 Å². The van der Waals surface area contributed by atoms with Gasteiger partial charge >= 0.3 is 0 Å². The number of methoxy groups -OCH3 is 1. The number of para-hydroxylation sites is 1. The molecule has 0 bridgehead atoms. The first-order valence-corrected chi connectivity index (χ1v) is 11.4. The fraction of sp³-hybridized carbons (Fsp3) is 0.409. The maximum absolute atomic E-state index is 12.7. The molecule has 0 unspecified atom stereocenters. The Balaban J connectivity index is 1.52. The molecule has 0 aliphatic carbocycles. The van der Waals surface area contributed by atoms with Crippen LogP contribution in [0.5, 0.6) is 5.75 Å². The van der Waals surface area contributed by atoms with Crippen LogP contribution in [-0.4, -0.2) is 45.4 Å². The van der Waals surface area contributed by atoms with E-state index in [1.54, 1.807) is 35.7 Å². The first-order valence-electron chi connectivity index (χ1n) is 9.98. The number of hydrogen-bond donors (Lipinski definition) is 1. The van der Waals surface area contributed by atoms with Gasteiger partial charge in [-0.05, 0) is 48.6 Å². The molecule has 0 spiro atoms. The quantitative estimate of drug-likeness (QED) is 0.718. The number of sulfonamides is 1. The molecule has 6 nitrogen and oxygen atoms in total. The SMILES string of the molecule is COc1ccccc1CCNC(=O)Cc1ccc(S(=O)(=O)N2CCCCC2)cc1. The minimum absolute atomic E-state index is 0.0912. The van der Waals surface area contributed by atoms with Crippen LogP contribution < -0.4 is 10.1 Å². The standard InChI is InChI=1S/C22H28N2O4S/c1-28-21-8-4-3-7-19(21)13-14-23-22(25)17-18-9-11-20(12-10-18)29(26,27)24-15-5-2-6-16-24/h3-4,7-12H,2,5-6,13-17H2,1H3,(H,23,25). The molecule has 1 N–H and O–H groups in total. The molecule has 7 heteroatoms. The topological polar surface area (TPSA) is 75.7 Å². The highest BCUT2D eigenvalue weighted by molar-refractivity contribution is 7.89. The van der Waals surface area contributed by atoms with Gasteiger partial charge in [0.05, 0.1) is 18.4 Å². The molecule has 0 radical (unpaired) electrons. The number of carbonyl (C=O) groups excluding carboxylic acids is 1. The number of hydrogen-bond acceptors (Lipinski definition) is 4. The fourth-order valence-corrected chi connectivity index (χ4v) is 5.04. The van der Waals surface area contributed by atoms with Gasteiger partial charge in [0.1, 0.15) is 5.75 Å². The summed E-state index contributed by atoms with van der Waals surface area (Å²) in [7, 11) is -1.81. The van der Waals surface area contributed by atoms with Crippen LogP contribution in [0.4, 0.5) is 0 Å². The summed E-state index contributed by atoms with van der Waals surface area (Å²) in [6.45, 7) is 1.68. The average Bonchev–Trinajstić information content (AvgIpc) is 2.75. The maximum Gasteiger partial charge on any atom is 0.243 e. The monoisotopic (exact) mass is 416 g/mol. The third-order valence-corrected chi connectivity index (χ3v) is 7.06. The molecule has 1 amide bonds. The third kappa shape index (κ3) is 5.58. The molecule has 0 atom stereocenters. The Bertz CT molecular complexity index is 920. The van der Waals surface area contributed by atoms with Crippen LogP contribution in [0.25, 0.3) is 0 Å². The number of piperidine rings is 1. The van der Waals surface area contributed by atoms with Crippen LogP contribution in [0, 0.1) is 0 Å². The van der Waals surface area contributed by atoms with E-state index in [9.17, 15) is 13.2 Å². The van der Waals surface area contributed by atoms with Gasteiger partial charge in [-0.2, -0.15) is 4.31 Å². The molecule has 1 saturated heterocycles. The molecular weight excluding hydrogens is 388 g/mol. The van der Waals surface area contributed by atoms with Gasteiger partial charge in [-0.3, -0.25) is 4.79 Å². The molecule has 0 saturated carbocycles. The number of amides is 1. The van der Waals surface area contributed by atoms with Crippen LogP contribution in [0.1, 0.15) is 30.4 Å². The Kier molecular flexibility index (Phi) is 7.28. The van der Waals surface area contributed by atoms with E-state index in [-0.39, 0.29) is 12.3 Å². The Hall–Kier alpha value is -2.38. The second-order valence-electron chi connectivity index (χ2n) is 7.20. The van der Waals surface area contributed by atoms with E-state index in [0.717, 1.165) is 36.1 Å². The second-order valence-corrected chi connectivity index (χ2v) is 9.14. The summed E-state index contributed by atoms with van der Waals surface area (Å²) in [5.41, 5.74) is 1.83. The smallest absolute Gasteiger partial charge is 0.243 e. The number of benzene rings is 2. The van der Waals surface area contributed by atoms with Gasteiger partial charge in [0, 0.05) is 19.6 Å². The van der Waals surface area contributed by atoms with Crippen molar-refractivity contribution in [3.63, 3.8) is 0 Å². The van der Waals surface area contributed by atoms with Crippen LogP contribution in [0.2, 0.25) is 0 Å². The summed E-state index contributed by atoms with van der Waals surface area (Å²) in [5, 5.41) is 2.91. The lowest BCUT2D eigenvalue weighted by Crippen LogP contribution is -2.35. The largest absolute Gasteiger partial charge is 0.496 e. The van der Waals surface area contributed by atoms with Crippen molar-refractivity contribution in [3.05, 3.63) is 59.7 Å². The van der Waals surface area contributed by atoms with Crippen LogP contribution in [0.3, 0.4) is 0 Å². The summed E-state index contributed by atoms with van der Waals surface area (Å²) in [6, 6.07) is 14.4. The van der Waals surface area contributed by atoms with Crippen molar-refractivity contribution in [3.8, 4) is 5.75 Å². The lowest BCUT2D eigenvalue weighted by atomic mass is 10.1. The van der Waals surface area contributed by atoms with Gasteiger partial charge in [0.25, 0.3) is 0 Å². The highest BCUT2D eigenvalue weighted by atomic mass is 32.2. The van der Waals surface area contributed by atoms with Crippen LogP contribution >= 0.6 is 0 Å². The van der Waals surface area contributed by atoms with Gasteiger partial charge in [0.15, 0.2) is 0 Å². The molecule has 2 aromatic carbocycles. The van der Waals surface area contributed by atoms with Gasteiger partial charge in [-0.1, -0.05) is 36.8 Å². The van der Waals surface area contributed by atoms with Crippen molar-refractivity contribution in [2.75, 3.05) is 26.7 Å². The number of ether oxygens (including phenoxy) is 1. The maximum atomic E-state index is 12.7. The fourth-order valence-electron chi connectivity index (χ4n) is 3.53. The summed E-state index contributed by atoms with van der Waals surface area (Å²) in [4.78, 5) is 12.5. The van der Waals surface area contributed by atoms with Gasteiger partial charge in [0.2, 0.25) is 15.9 Å².